The van der Waals surface area contributed by atoms with Gasteiger partial charge in [0.05, 0.1) is 7.11 Å². The fourth-order valence-corrected chi connectivity index (χ4v) is 2.93. The van der Waals surface area contributed by atoms with Gasteiger partial charge in [-0.2, -0.15) is 0 Å². The Morgan fingerprint density at radius 2 is 1.85 bits per heavy atom. The molecule has 20 heavy (non-hydrogen) atoms. The highest BCUT2D eigenvalue weighted by atomic mass is 16.5. The molecule has 0 radical (unpaired) electrons. The lowest BCUT2D eigenvalue weighted by Crippen LogP contribution is -2.22. The molecule has 2 heteroatoms. The van der Waals surface area contributed by atoms with E-state index in [1.165, 1.54) is 48.8 Å². The number of unbranched alkanes of at least 4 members (excludes halogenated alkanes) is 3. The summed E-state index contributed by atoms with van der Waals surface area (Å²) < 4.78 is 5.62. The van der Waals surface area contributed by atoms with Gasteiger partial charge in [-0.25, -0.2) is 0 Å². The predicted molar refractivity (Wildman–Crippen MR) is 87.6 cm³/mol. The Bertz CT molecular complexity index is 401. The Morgan fingerprint density at radius 1 is 1.10 bits per heavy atom. The number of ether oxygens (including phenoxy) is 1. The lowest BCUT2D eigenvalue weighted by Gasteiger charge is -2.23. The average molecular weight is 277 g/mol. The van der Waals surface area contributed by atoms with Crippen LogP contribution < -0.4 is 10.1 Å². The lowest BCUT2D eigenvalue weighted by atomic mass is 9.94. The van der Waals surface area contributed by atoms with Crippen molar-refractivity contribution in [2.75, 3.05) is 13.7 Å². The maximum Gasteiger partial charge on any atom is 0.124 e. The first kappa shape index (κ1) is 17.0. The normalized spacial score (nSPS) is 12.4. The first-order chi connectivity index (χ1) is 9.63. The van der Waals surface area contributed by atoms with E-state index in [4.69, 9.17) is 4.74 Å². The second-order valence-corrected chi connectivity index (χ2v) is 5.66. The summed E-state index contributed by atoms with van der Waals surface area (Å²) in [6.45, 7) is 9.75. The molecule has 0 aliphatic rings. The van der Waals surface area contributed by atoms with Gasteiger partial charge in [0.15, 0.2) is 0 Å². The van der Waals surface area contributed by atoms with Crippen LogP contribution in [0.1, 0.15) is 68.7 Å². The number of benzene rings is 1. The number of rotatable bonds is 9. The van der Waals surface area contributed by atoms with Gasteiger partial charge in [0.1, 0.15) is 5.75 Å². The van der Waals surface area contributed by atoms with Crippen molar-refractivity contribution in [2.24, 2.45) is 0 Å². The Morgan fingerprint density at radius 3 is 2.45 bits per heavy atom. The summed E-state index contributed by atoms with van der Waals surface area (Å²) in [5, 5.41) is 3.63. The van der Waals surface area contributed by atoms with Crippen molar-refractivity contribution in [3.8, 4) is 5.75 Å². The summed E-state index contributed by atoms with van der Waals surface area (Å²) in [7, 11) is 1.78. The third kappa shape index (κ3) is 4.82. The van der Waals surface area contributed by atoms with Crippen LogP contribution in [0.15, 0.2) is 12.1 Å². The number of hydrogen-bond acceptors (Lipinski definition) is 2. The van der Waals surface area contributed by atoms with Crippen molar-refractivity contribution < 1.29 is 4.74 Å². The zero-order valence-corrected chi connectivity index (χ0v) is 13.9. The fourth-order valence-electron chi connectivity index (χ4n) is 2.93. The minimum Gasteiger partial charge on any atom is -0.496 e. The smallest absolute Gasteiger partial charge is 0.124 e. The summed E-state index contributed by atoms with van der Waals surface area (Å²) in [4.78, 5) is 0. The Kier molecular flexibility index (Phi) is 7.68. The second-order valence-electron chi connectivity index (χ2n) is 5.66. The molecule has 0 saturated heterocycles. The molecule has 0 saturated carbocycles. The molecule has 1 unspecified atom stereocenters. The van der Waals surface area contributed by atoms with E-state index in [2.05, 4.69) is 45.1 Å². The molecule has 0 fully saturated rings. The van der Waals surface area contributed by atoms with Crippen molar-refractivity contribution in [1.29, 1.82) is 0 Å². The van der Waals surface area contributed by atoms with Crippen LogP contribution in [0.5, 0.6) is 5.75 Å². The fraction of sp³-hybridized carbons (Fsp3) is 0.667. The summed E-state index contributed by atoms with van der Waals surface area (Å²) in [6, 6.07) is 4.82. The minimum absolute atomic E-state index is 0.410. The van der Waals surface area contributed by atoms with Crippen LogP contribution in [-0.4, -0.2) is 13.7 Å². The molecule has 1 aromatic carbocycles. The molecule has 0 aliphatic heterocycles. The number of nitrogens with one attached hydrogen (secondary N) is 1. The van der Waals surface area contributed by atoms with Gasteiger partial charge < -0.3 is 10.1 Å². The molecule has 0 bridgehead atoms. The van der Waals surface area contributed by atoms with Gasteiger partial charge >= 0.3 is 0 Å². The molecule has 0 amide bonds. The Balaban J connectivity index is 2.89. The maximum absolute atomic E-state index is 5.62. The molecule has 1 aromatic rings. The van der Waals surface area contributed by atoms with Gasteiger partial charge in [-0.1, -0.05) is 45.6 Å². The highest BCUT2D eigenvalue weighted by Gasteiger charge is 2.17. The van der Waals surface area contributed by atoms with E-state index in [9.17, 15) is 0 Å². The van der Waals surface area contributed by atoms with Gasteiger partial charge in [0.2, 0.25) is 0 Å². The third-order valence-corrected chi connectivity index (χ3v) is 3.86. The van der Waals surface area contributed by atoms with E-state index < -0.39 is 0 Å². The predicted octanol–water partition coefficient (Wildman–Crippen LogP) is 4.93. The Hall–Kier alpha value is -1.02. The molecule has 0 aliphatic carbocycles. The van der Waals surface area contributed by atoms with E-state index in [1.807, 2.05) is 0 Å². The molecular formula is C18H31NO. The number of methoxy groups -OCH3 is 1. The number of hydrogen-bond donors (Lipinski definition) is 1. The van der Waals surface area contributed by atoms with Gasteiger partial charge in [-0.3, -0.25) is 0 Å². The molecule has 0 heterocycles. The molecule has 0 spiro atoms. The molecule has 114 valence electrons. The van der Waals surface area contributed by atoms with E-state index in [0.29, 0.717) is 6.04 Å². The largest absolute Gasteiger partial charge is 0.496 e. The van der Waals surface area contributed by atoms with Gasteiger partial charge in [0.25, 0.3) is 0 Å². The van der Waals surface area contributed by atoms with Crippen LogP contribution in [0.25, 0.3) is 0 Å². The molecule has 2 nitrogen and oxygen atoms in total. The standard InChI is InChI=1S/C18H31NO/c1-6-8-9-10-11-16(19-7-2)18-15(4)12-14(3)13-17(18)20-5/h12-13,16,19H,6-11H2,1-5H3. The van der Waals surface area contributed by atoms with Crippen LogP contribution >= 0.6 is 0 Å². The molecule has 1 atom stereocenters. The van der Waals surface area contributed by atoms with Crippen LogP contribution in [0.3, 0.4) is 0 Å². The third-order valence-electron chi connectivity index (χ3n) is 3.86. The average Bonchev–Trinajstić information content (AvgIpc) is 2.42. The summed E-state index contributed by atoms with van der Waals surface area (Å²) in [5.74, 6) is 1.03. The first-order valence-electron chi connectivity index (χ1n) is 8.02. The summed E-state index contributed by atoms with van der Waals surface area (Å²) in [5.41, 5.74) is 3.95. The first-order valence-corrected chi connectivity index (χ1v) is 8.02. The van der Waals surface area contributed by atoms with E-state index in [-0.39, 0.29) is 0 Å². The second kappa shape index (κ2) is 9.02. The van der Waals surface area contributed by atoms with Crippen LogP contribution in [-0.2, 0) is 0 Å². The zero-order valence-electron chi connectivity index (χ0n) is 13.9. The van der Waals surface area contributed by atoms with E-state index >= 15 is 0 Å². The number of aryl methyl sites for hydroxylation is 2. The topological polar surface area (TPSA) is 21.3 Å². The maximum atomic E-state index is 5.62. The summed E-state index contributed by atoms with van der Waals surface area (Å²) in [6.07, 6.45) is 6.42. The van der Waals surface area contributed by atoms with Crippen molar-refractivity contribution >= 4 is 0 Å². The molecular weight excluding hydrogens is 246 g/mol. The molecule has 0 aromatic heterocycles. The van der Waals surface area contributed by atoms with Crippen LogP contribution in [0, 0.1) is 13.8 Å². The van der Waals surface area contributed by atoms with Crippen LogP contribution in [0.2, 0.25) is 0 Å². The quantitative estimate of drug-likeness (QED) is 0.646. The minimum atomic E-state index is 0.410. The monoisotopic (exact) mass is 277 g/mol. The Labute approximate surface area is 124 Å². The molecule has 1 N–H and O–H groups in total. The molecule has 1 rings (SSSR count). The SMILES string of the molecule is CCCCCCC(NCC)c1c(C)cc(C)cc1OC. The van der Waals surface area contributed by atoms with Gasteiger partial charge in [-0.05, 0) is 44.0 Å². The summed E-state index contributed by atoms with van der Waals surface area (Å²) >= 11 is 0. The highest BCUT2D eigenvalue weighted by Crippen LogP contribution is 2.32. The van der Waals surface area contributed by atoms with Gasteiger partial charge in [0, 0.05) is 11.6 Å². The zero-order chi connectivity index (χ0) is 15.0. The van der Waals surface area contributed by atoms with Crippen molar-refractivity contribution in [2.45, 2.75) is 65.8 Å². The van der Waals surface area contributed by atoms with Crippen LogP contribution in [0.4, 0.5) is 0 Å². The van der Waals surface area contributed by atoms with Crippen molar-refractivity contribution in [3.63, 3.8) is 0 Å². The van der Waals surface area contributed by atoms with Gasteiger partial charge in [-0.15, -0.1) is 0 Å². The van der Waals surface area contributed by atoms with Crippen molar-refractivity contribution in [1.82, 2.24) is 5.32 Å². The highest BCUT2D eigenvalue weighted by molar-refractivity contribution is 5.45. The van der Waals surface area contributed by atoms with E-state index in [1.54, 1.807) is 7.11 Å². The van der Waals surface area contributed by atoms with Crippen molar-refractivity contribution in [3.05, 3.63) is 28.8 Å². The lowest BCUT2D eigenvalue weighted by molar-refractivity contribution is 0.392. The van der Waals surface area contributed by atoms with E-state index in [0.717, 1.165) is 12.3 Å².